The molecule has 136 valence electrons. The van der Waals surface area contributed by atoms with E-state index in [0.29, 0.717) is 16.2 Å². The molecule has 0 aromatic heterocycles. The van der Waals surface area contributed by atoms with E-state index in [1.807, 2.05) is 78.9 Å². The molecule has 1 saturated heterocycles. The molecule has 1 fully saturated rings. The van der Waals surface area contributed by atoms with E-state index >= 15 is 0 Å². The predicted molar refractivity (Wildman–Crippen MR) is 105 cm³/mol. The lowest BCUT2D eigenvalue weighted by Gasteiger charge is -2.20. The summed E-state index contributed by atoms with van der Waals surface area (Å²) in [6, 6.07) is 27.5. The van der Waals surface area contributed by atoms with Gasteiger partial charge in [0.1, 0.15) is 0 Å². The van der Waals surface area contributed by atoms with Gasteiger partial charge in [-0.05, 0) is 5.56 Å². The van der Waals surface area contributed by atoms with Crippen molar-refractivity contribution in [2.75, 3.05) is 7.11 Å². The van der Waals surface area contributed by atoms with Gasteiger partial charge >= 0.3 is 5.97 Å². The van der Waals surface area contributed by atoms with Crippen molar-refractivity contribution in [3.05, 3.63) is 96.6 Å². The van der Waals surface area contributed by atoms with Crippen molar-refractivity contribution in [1.82, 2.24) is 0 Å². The molecule has 4 rings (SSSR count). The maximum Gasteiger partial charge on any atom is 0.346 e. The highest BCUT2D eigenvalue weighted by Crippen LogP contribution is 2.67. The van der Waals surface area contributed by atoms with Crippen molar-refractivity contribution in [3.63, 3.8) is 0 Å². The number of carbonyl (C=O) groups is 1. The Hall–Kier alpha value is -2.68. The third-order valence-corrected chi connectivity index (χ3v) is 8.15. The average Bonchev–Trinajstić information content (AvgIpc) is 3.52. The van der Waals surface area contributed by atoms with Gasteiger partial charge in [0.15, 0.2) is 13.0 Å². The molecule has 1 aliphatic rings. The van der Waals surface area contributed by atoms with Gasteiger partial charge in [-0.2, -0.15) is 0 Å². The van der Waals surface area contributed by atoms with Crippen LogP contribution in [0, 0.1) is 0 Å². The van der Waals surface area contributed by atoms with Crippen LogP contribution in [0.25, 0.3) is 0 Å². The van der Waals surface area contributed by atoms with Crippen molar-refractivity contribution >= 4 is 23.7 Å². The maximum atomic E-state index is 14.5. The molecule has 2 unspecified atom stereocenters. The molecule has 27 heavy (non-hydrogen) atoms. The van der Waals surface area contributed by atoms with Crippen molar-refractivity contribution in [1.29, 1.82) is 0 Å². The van der Waals surface area contributed by atoms with Crippen LogP contribution < -0.4 is 10.6 Å². The summed E-state index contributed by atoms with van der Waals surface area (Å²) >= 11 is 0. The standard InChI is InChI=1S/C22H19O4P/c1-25-20(23)22(17-11-5-2-6-12-17)21(26-22)27(24,18-13-7-3-8-14-18)19-15-9-4-10-16-19/h2-16,21H,1H3. The zero-order chi connectivity index (χ0) is 18.9. The van der Waals surface area contributed by atoms with Gasteiger partial charge in [0.05, 0.1) is 7.11 Å². The zero-order valence-electron chi connectivity index (χ0n) is 14.8. The van der Waals surface area contributed by atoms with Crippen LogP contribution in [-0.4, -0.2) is 18.9 Å². The molecule has 3 aromatic rings. The molecule has 0 radical (unpaired) electrons. The molecule has 3 aromatic carbocycles. The Labute approximate surface area is 158 Å². The van der Waals surface area contributed by atoms with Crippen molar-refractivity contribution in [2.24, 2.45) is 0 Å². The van der Waals surface area contributed by atoms with E-state index in [4.69, 9.17) is 9.47 Å². The molecule has 0 spiro atoms. The van der Waals surface area contributed by atoms with Crippen LogP contribution in [0.4, 0.5) is 0 Å². The minimum absolute atomic E-state index is 0.536. The van der Waals surface area contributed by atoms with Crippen molar-refractivity contribution in [2.45, 2.75) is 11.4 Å². The average molecular weight is 378 g/mol. The van der Waals surface area contributed by atoms with Crippen LogP contribution in [0.3, 0.4) is 0 Å². The van der Waals surface area contributed by atoms with Gasteiger partial charge < -0.3 is 14.0 Å². The molecule has 1 heterocycles. The number of hydrogen-bond donors (Lipinski definition) is 0. The highest BCUT2D eigenvalue weighted by molar-refractivity contribution is 7.79. The fourth-order valence-corrected chi connectivity index (χ4v) is 6.66. The molecule has 0 N–H and O–H groups in total. The summed E-state index contributed by atoms with van der Waals surface area (Å²) in [5.41, 5.74) is -0.717. The van der Waals surface area contributed by atoms with Gasteiger partial charge in [0, 0.05) is 10.6 Å². The largest absolute Gasteiger partial charge is 0.467 e. The fourth-order valence-electron chi connectivity index (χ4n) is 3.51. The number of hydrogen-bond acceptors (Lipinski definition) is 4. The smallest absolute Gasteiger partial charge is 0.346 e. The lowest BCUT2D eigenvalue weighted by Crippen LogP contribution is -2.30. The minimum atomic E-state index is -3.26. The van der Waals surface area contributed by atoms with E-state index in [-0.39, 0.29) is 0 Å². The molecule has 4 nitrogen and oxygen atoms in total. The number of ether oxygens (including phenoxy) is 2. The molecular weight excluding hydrogens is 359 g/mol. The number of benzene rings is 3. The Bertz CT molecular complexity index is 945. The van der Waals surface area contributed by atoms with E-state index in [1.54, 1.807) is 12.1 Å². The predicted octanol–water partition coefficient (Wildman–Crippen LogP) is 3.43. The number of carbonyl (C=O) groups excluding carboxylic acids is 1. The lowest BCUT2D eigenvalue weighted by atomic mass is 10.0. The third-order valence-electron chi connectivity index (χ3n) is 4.89. The molecule has 0 saturated carbocycles. The van der Waals surface area contributed by atoms with Crippen LogP contribution >= 0.6 is 7.14 Å². The van der Waals surface area contributed by atoms with Crippen LogP contribution in [-0.2, 0) is 24.4 Å². The highest BCUT2D eigenvalue weighted by atomic mass is 31.2. The van der Waals surface area contributed by atoms with Gasteiger partial charge in [-0.15, -0.1) is 0 Å². The first-order valence-corrected chi connectivity index (χ1v) is 10.4. The molecule has 5 heteroatoms. The fraction of sp³-hybridized carbons (Fsp3) is 0.136. The second-order valence-electron chi connectivity index (χ2n) is 6.39. The second kappa shape index (κ2) is 6.80. The first-order chi connectivity index (χ1) is 13.1. The molecule has 0 aliphatic carbocycles. The van der Waals surface area contributed by atoms with Crippen molar-refractivity contribution in [3.8, 4) is 0 Å². The van der Waals surface area contributed by atoms with Gasteiger partial charge in [-0.25, -0.2) is 4.79 Å². The Morgan fingerprint density at radius 1 is 0.852 bits per heavy atom. The van der Waals surface area contributed by atoms with Crippen LogP contribution in [0.5, 0.6) is 0 Å². The number of rotatable bonds is 5. The molecule has 0 bridgehead atoms. The van der Waals surface area contributed by atoms with E-state index < -0.39 is 24.6 Å². The number of esters is 1. The second-order valence-corrected chi connectivity index (χ2v) is 9.21. The van der Waals surface area contributed by atoms with Gasteiger partial charge in [0.25, 0.3) is 0 Å². The summed E-state index contributed by atoms with van der Waals surface area (Å²) in [5, 5.41) is 1.31. The maximum absolute atomic E-state index is 14.5. The van der Waals surface area contributed by atoms with Crippen molar-refractivity contribution < 1.29 is 18.8 Å². The Morgan fingerprint density at radius 3 is 1.74 bits per heavy atom. The molecular formula is C22H19O4P. The number of epoxide rings is 1. The first-order valence-electron chi connectivity index (χ1n) is 8.67. The molecule has 0 amide bonds. The molecule has 2 atom stereocenters. The summed E-state index contributed by atoms with van der Waals surface area (Å²) in [5.74, 6) is -1.35. The summed E-state index contributed by atoms with van der Waals surface area (Å²) in [6.45, 7) is 0. The normalized spacial score (nSPS) is 21.4. The summed E-state index contributed by atoms with van der Waals surface area (Å²) in [4.78, 5) is 12.7. The SMILES string of the molecule is COC(=O)C1(c2ccccc2)OC1P(=O)(c1ccccc1)c1ccccc1. The van der Waals surface area contributed by atoms with Gasteiger partial charge in [-0.3, -0.25) is 0 Å². The number of methoxy groups -OCH3 is 1. The summed E-state index contributed by atoms with van der Waals surface area (Å²) in [6.07, 6.45) is 0. The van der Waals surface area contributed by atoms with Crippen LogP contribution in [0.2, 0.25) is 0 Å². The first kappa shape index (κ1) is 17.7. The zero-order valence-corrected chi connectivity index (χ0v) is 15.7. The monoisotopic (exact) mass is 378 g/mol. The highest BCUT2D eigenvalue weighted by Gasteiger charge is 2.72. The Balaban J connectivity index is 1.90. The van der Waals surface area contributed by atoms with E-state index in [9.17, 15) is 9.36 Å². The third kappa shape index (κ3) is 2.73. The summed E-state index contributed by atoms with van der Waals surface area (Å²) in [7, 11) is -1.94. The van der Waals surface area contributed by atoms with E-state index in [0.717, 1.165) is 0 Å². The van der Waals surface area contributed by atoms with Crippen LogP contribution in [0.1, 0.15) is 5.56 Å². The van der Waals surface area contributed by atoms with Gasteiger partial charge in [0.2, 0.25) is 5.60 Å². The van der Waals surface area contributed by atoms with Crippen LogP contribution in [0.15, 0.2) is 91.0 Å². The topological polar surface area (TPSA) is 55.9 Å². The summed E-state index contributed by atoms with van der Waals surface area (Å²) < 4.78 is 25.5. The van der Waals surface area contributed by atoms with E-state index in [2.05, 4.69) is 0 Å². The lowest BCUT2D eigenvalue weighted by molar-refractivity contribution is -0.147. The van der Waals surface area contributed by atoms with E-state index in [1.165, 1.54) is 7.11 Å². The quantitative estimate of drug-likeness (QED) is 0.388. The minimum Gasteiger partial charge on any atom is -0.467 e. The Kier molecular flexibility index (Phi) is 4.47. The Morgan fingerprint density at radius 2 is 1.30 bits per heavy atom. The molecule has 1 aliphatic heterocycles. The van der Waals surface area contributed by atoms with Gasteiger partial charge in [-0.1, -0.05) is 91.0 Å².